The number of carbonyl (C=O) groups excluding carboxylic acids is 1. The molecule has 2 N–H and O–H groups in total. The summed E-state index contributed by atoms with van der Waals surface area (Å²) in [6.07, 6.45) is 4.21. The van der Waals surface area contributed by atoms with E-state index in [2.05, 4.69) is 75.1 Å². The number of likely N-dealkylation sites (tertiary alicyclic amines) is 2. The highest BCUT2D eigenvalue weighted by molar-refractivity contribution is 5.79. The number of amides is 1. The van der Waals surface area contributed by atoms with Gasteiger partial charge in [0.25, 0.3) is 0 Å². The van der Waals surface area contributed by atoms with Crippen LogP contribution in [0, 0.1) is 0 Å². The predicted molar refractivity (Wildman–Crippen MR) is 129 cm³/mol. The smallest absolute Gasteiger partial charge is 0.222 e. The van der Waals surface area contributed by atoms with Crippen molar-refractivity contribution in [1.82, 2.24) is 20.4 Å². The molecule has 2 aromatic rings. The second kappa shape index (κ2) is 11.1. The fourth-order valence-corrected chi connectivity index (χ4v) is 4.72. The van der Waals surface area contributed by atoms with Gasteiger partial charge in [0.05, 0.1) is 6.04 Å². The normalized spacial score (nSPS) is 18.2. The van der Waals surface area contributed by atoms with Crippen LogP contribution in [0.15, 0.2) is 59.6 Å². The number of hydrogen-bond acceptors (Lipinski definition) is 3. The van der Waals surface area contributed by atoms with Crippen LogP contribution in [0.5, 0.6) is 0 Å². The van der Waals surface area contributed by atoms with E-state index in [-0.39, 0.29) is 5.91 Å². The summed E-state index contributed by atoms with van der Waals surface area (Å²) in [4.78, 5) is 20.9. The van der Waals surface area contributed by atoms with Crippen molar-refractivity contribution >= 4 is 11.9 Å². The number of aliphatic imine (C=N–C) groups is 1. The molecule has 2 heterocycles. The van der Waals surface area contributed by atoms with Gasteiger partial charge in [0, 0.05) is 39.6 Å². The maximum Gasteiger partial charge on any atom is 0.222 e. The molecular formula is C26H35N5O. The van der Waals surface area contributed by atoms with Crippen molar-refractivity contribution in [1.29, 1.82) is 0 Å². The number of nitrogens with one attached hydrogen (secondary N) is 2. The largest absolute Gasteiger partial charge is 0.354 e. The summed E-state index contributed by atoms with van der Waals surface area (Å²) in [5.74, 6) is 1.08. The zero-order valence-corrected chi connectivity index (χ0v) is 19.1. The van der Waals surface area contributed by atoms with E-state index < -0.39 is 0 Å². The molecule has 0 aliphatic carbocycles. The minimum Gasteiger partial charge on any atom is -0.354 e. The van der Waals surface area contributed by atoms with Crippen LogP contribution >= 0.6 is 0 Å². The molecule has 6 heteroatoms. The molecule has 0 spiro atoms. The van der Waals surface area contributed by atoms with E-state index in [1.54, 1.807) is 0 Å². The number of carbonyl (C=O) groups is 1. The Labute approximate surface area is 191 Å². The van der Waals surface area contributed by atoms with E-state index in [9.17, 15) is 4.79 Å². The van der Waals surface area contributed by atoms with Gasteiger partial charge in [0.2, 0.25) is 5.91 Å². The third-order valence-electron chi connectivity index (χ3n) is 6.45. The van der Waals surface area contributed by atoms with Crippen LogP contribution in [0.2, 0.25) is 0 Å². The summed E-state index contributed by atoms with van der Waals surface area (Å²) in [6.45, 7) is 5.40. The molecule has 1 atom stereocenters. The lowest BCUT2D eigenvalue weighted by atomic mass is 10.1. The lowest BCUT2D eigenvalue weighted by molar-refractivity contribution is -0.128. The molecule has 0 saturated carbocycles. The fraction of sp³-hybridized carbons (Fsp3) is 0.462. The molecule has 170 valence electrons. The monoisotopic (exact) mass is 433 g/mol. The van der Waals surface area contributed by atoms with Crippen LogP contribution < -0.4 is 10.6 Å². The Bertz CT molecular complexity index is 907. The SMILES string of the molecule is CN=C(NCc1cccc(CN2CCCC2=O)c1)NCC(c1ccccc1)N1CCCC1. The average Bonchev–Trinajstić information content (AvgIpc) is 3.49. The number of hydrogen-bond donors (Lipinski definition) is 2. The zero-order chi connectivity index (χ0) is 22.2. The minimum atomic E-state index is 0.268. The van der Waals surface area contributed by atoms with Crippen molar-refractivity contribution in [2.75, 3.05) is 33.2 Å². The second-order valence-corrected chi connectivity index (χ2v) is 8.72. The third kappa shape index (κ3) is 5.88. The molecule has 0 bridgehead atoms. The molecule has 32 heavy (non-hydrogen) atoms. The van der Waals surface area contributed by atoms with Crippen LogP contribution in [0.25, 0.3) is 0 Å². The van der Waals surface area contributed by atoms with Gasteiger partial charge in [-0.1, -0.05) is 54.6 Å². The van der Waals surface area contributed by atoms with E-state index >= 15 is 0 Å². The molecule has 2 fully saturated rings. The van der Waals surface area contributed by atoms with Gasteiger partial charge >= 0.3 is 0 Å². The Morgan fingerprint density at radius 1 is 0.969 bits per heavy atom. The van der Waals surface area contributed by atoms with Crippen LogP contribution in [0.4, 0.5) is 0 Å². The molecule has 1 amide bonds. The Kier molecular flexibility index (Phi) is 7.77. The topological polar surface area (TPSA) is 60.0 Å². The predicted octanol–water partition coefficient (Wildman–Crippen LogP) is 3.31. The molecule has 2 saturated heterocycles. The van der Waals surface area contributed by atoms with Gasteiger partial charge in [0.15, 0.2) is 5.96 Å². The summed E-state index contributed by atoms with van der Waals surface area (Å²) in [5.41, 5.74) is 3.72. The van der Waals surface area contributed by atoms with E-state index in [4.69, 9.17) is 0 Å². The Hall–Kier alpha value is -2.86. The van der Waals surface area contributed by atoms with E-state index in [0.29, 0.717) is 25.6 Å². The number of guanidine groups is 1. The lowest BCUT2D eigenvalue weighted by Gasteiger charge is -2.29. The van der Waals surface area contributed by atoms with Gasteiger partial charge in [-0.05, 0) is 49.0 Å². The zero-order valence-electron chi connectivity index (χ0n) is 19.1. The highest BCUT2D eigenvalue weighted by Crippen LogP contribution is 2.24. The van der Waals surface area contributed by atoms with Gasteiger partial charge in [-0.3, -0.25) is 14.7 Å². The molecular weight excluding hydrogens is 398 g/mol. The average molecular weight is 434 g/mol. The summed E-state index contributed by atoms with van der Waals surface area (Å²) in [5, 5.41) is 6.99. The maximum atomic E-state index is 11.9. The quantitative estimate of drug-likeness (QED) is 0.495. The van der Waals surface area contributed by atoms with Crippen molar-refractivity contribution in [2.24, 2.45) is 4.99 Å². The summed E-state index contributed by atoms with van der Waals surface area (Å²) >= 11 is 0. The van der Waals surface area contributed by atoms with Crippen LogP contribution in [-0.2, 0) is 17.9 Å². The number of rotatable bonds is 8. The van der Waals surface area contributed by atoms with Gasteiger partial charge in [-0.25, -0.2) is 0 Å². The second-order valence-electron chi connectivity index (χ2n) is 8.72. The Morgan fingerprint density at radius 3 is 2.47 bits per heavy atom. The van der Waals surface area contributed by atoms with Gasteiger partial charge in [-0.15, -0.1) is 0 Å². The van der Waals surface area contributed by atoms with E-state index in [1.165, 1.54) is 29.5 Å². The molecule has 4 rings (SSSR count). The highest BCUT2D eigenvalue weighted by Gasteiger charge is 2.23. The third-order valence-corrected chi connectivity index (χ3v) is 6.45. The molecule has 1 unspecified atom stereocenters. The number of nitrogens with zero attached hydrogens (tertiary/aromatic N) is 3. The van der Waals surface area contributed by atoms with E-state index in [1.807, 2.05) is 11.9 Å². The first-order valence-electron chi connectivity index (χ1n) is 11.8. The fourth-order valence-electron chi connectivity index (χ4n) is 4.72. The lowest BCUT2D eigenvalue weighted by Crippen LogP contribution is -2.42. The molecule has 6 nitrogen and oxygen atoms in total. The molecule has 2 aliphatic heterocycles. The first-order chi connectivity index (χ1) is 15.7. The minimum absolute atomic E-state index is 0.268. The summed E-state index contributed by atoms with van der Waals surface area (Å²) in [6, 6.07) is 19.6. The van der Waals surface area contributed by atoms with Crippen LogP contribution in [0.3, 0.4) is 0 Å². The van der Waals surface area contributed by atoms with E-state index in [0.717, 1.165) is 38.6 Å². The Balaban J connectivity index is 1.32. The van der Waals surface area contributed by atoms with Crippen molar-refractivity contribution in [3.05, 3.63) is 71.3 Å². The summed E-state index contributed by atoms with van der Waals surface area (Å²) < 4.78 is 0. The van der Waals surface area contributed by atoms with Crippen molar-refractivity contribution in [3.8, 4) is 0 Å². The van der Waals surface area contributed by atoms with Gasteiger partial charge in [-0.2, -0.15) is 0 Å². The first-order valence-corrected chi connectivity index (χ1v) is 11.8. The van der Waals surface area contributed by atoms with Crippen LogP contribution in [0.1, 0.15) is 48.4 Å². The molecule has 2 aliphatic rings. The van der Waals surface area contributed by atoms with Crippen molar-refractivity contribution in [2.45, 2.75) is 44.8 Å². The maximum absolute atomic E-state index is 11.9. The molecule has 0 radical (unpaired) electrons. The van der Waals surface area contributed by atoms with Gasteiger partial charge in [0.1, 0.15) is 0 Å². The van der Waals surface area contributed by atoms with Crippen molar-refractivity contribution in [3.63, 3.8) is 0 Å². The van der Waals surface area contributed by atoms with Gasteiger partial charge < -0.3 is 15.5 Å². The molecule has 2 aromatic carbocycles. The highest BCUT2D eigenvalue weighted by atomic mass is 16.2. The standard InChI is InChI=1S/C26H35N5O/c1-27-26(29-19-24(30-14-5-6-15-30)23-11-3-2-4-12-23)28-18-21-9-7-10-22(17-21)20-31-16-8-13-25(31)32/h2-4,7,9-12,17,24H,5-6,8,13-16,18-20H2,1H3,(H2,27,28,29). The summed E-state index contributed by atoms with van der Waals surface area (Å²) in [7, 11) is 1.82. The van der Waals surface area contributed by atoms with Crippen molar-refractivity contribution < 1.29 is 4.79 Å². The molecule has 0 aromatic heterocycles. The van der Waals surface area contributed by atoms with Crippen LogP contribution in [-0.4, -0.2) is 54.9 Å². The Morgan fingerprint density at radius 2 is 1.75 bits per heavy atom. The number of benzene rings is 2. The first kappa shape index (κ1) is 22.3.